The predicted octanol–water partition coefficient (Wildman–Crippen LogP) is -0.677. The summed E-state index contributed by atoms with van der Waals surface area (Å²) in [6.07, 6.45) is 0.527. The third kappa shape index (κ3) is 45.0. The van der Waals surface area contributed by atoms with Crippen molar-refractivity contribution in [3.63, 3.8) is 0 Å². The second-order valence-corrected chi connectivity index (χ2v) is 2.11. The minimum Gasteiger partial charge on any atom is -0.376 e. The standard InChI is InChI=1S/C4H8N2S.C2H6O2/c1-2-3-6-4(5)7;1-2(3)4/h2H,1,3H2,(H3,5,6,7);2-4H,1H3. The van der Waals surface area contributed by atoms with Gasteiger partial charge >= 0.3 is 0 Å². The highest BCUT2D eigenvalue weighted by Crippen LogP contribution is 1.58. The van der Waals surface area contributed by atoms with Gasteiger partial charge in [0.05, 0.1) is 0 Å². The first-order valence-corrected chi connectivity index (χ1v) is 3.41. The van der Waals surface area contributed by atoms with Crippen molar-refractivity contribution < 1.29 is 10.2 Å². The van der Waals surface area contributed by atoms with E-state index in [-0.39, 0.29) is 0 Å². The Morgan fingerprint density at radius 2 is 2.18 bits per heavy atom. The molecule has 4 nitrogen and oxygen atoms in total. The second kappa shape index (κ2) is 9.35. The van der Waals surface area contributed by atoms with Gasteiger partial charge in [-0.1, -0.05) is 6.08 Å². The molecule has 0 bridgehead atoms. The molecule has 0 saturated heterocycles. The molecule has 5 heteroatoms. The number of hydrogen-bond donors (Lipinski definition) is 4. The van der Waals surface area contributed by atoms with Crippen molar-refractivity contribution in [3.8, 4) is 0 Å². The van der Waals surface area contributed by atoms with E-state index in [0.29, 0.717) is 11.7 Å². The molecular weight excluding hydrogens is 164 g/mol. The molecule has 0 saturated carbocycles. The quantitative estimate of drug-likeness (QED) is 0.256. The van der Waals surface area contributed by atoms with E-state index in [4.69, 9.17) is 15.9 Å². The van der Waals surface area contributed by atoms with Crippen molar-refractivity contribution in [1.29, 1.82) is 0 Å². The predicted molar refractivity (Wildman–Crippen MR) is 48.9 cm³/mol. The van der Waals surface area contributed by atoms with Gasteiger partial charge in [-0.3, -0.25) is 0 Å². The lowest BCUT2D eigenvalue weighted by molar-refractivity contribution is -0.0228. The van der Waals surface area contributed by atoms with Crippen LogP contribution >= 0.6 is 12.2 Å². The highest BCUT2D eigenvalue weighted by molar-refractivity contribution is 7.80. The van der Waals surface area contributed by atoms with Crippen LogP contribution in [0.5, 0.6) is 0 Å². The smallest absolute Gasteiger partial charge is 0.163 e. The van der Waals surface area contributed by atoms with Crippen LogP contribution in [-0.2, 0) is 0 Å². The summed E-state index contributed by atoms with van der Waals surface area (Å²) in [6, 6.07) is 0. The SMILES string of the molecule is C=CCNC(N)=S.CC(O)O. The third-order valence-corrected chi connectivity index (χ3v) is 0.565. The van der Waals surface area contributed by atoms with Crippen LogP contribution in [0.25, 0.3) is 0 Å². The largest absolute Gasteiger partial charge is 0.376 e. The van der Waals surface area contributed by atoms with Crippen molar-refractivity contribution in [2.24, 2.45) is 5.73 Å². The molecule has 0 aromatic heterocycles. The van der Waals surface area contributed by atoms with E-state index >= 15 is 0 Å². The van der Waals surface area contributed by atoms with E-state index in [1.54, 1.807) is 6.08 Å². The zero-order valence-electron chi connectivity index (χ0n) is 6.45. The molecule has 0 radical (unpaired) electrons. The first-order valence-electron chi connectivity index (χ1n) is 3.01. The molecule has 0 rings (SSSR count). The number of rotatable bonds is 2. The van der Waals surface area contributed by atoms with Crippen LogP contribution in [0.15, 0.2) is 12.7 Å². The lowest BCUT2D eigenvalue weighted by atomic mass is 10.6. The Kier molecular flexibility index (Phi) is 11.0. The number of nitrogens with two attached hydrogens (primary N) is 1. The van der Waals surface area contributed by atoms with E-state index in [1.807, 2.05) is 0 Å². The van der Waals surface area contributed by atoms with Gasteiger partial charge in [-0.25, -0.2) is 0 Å². The van der Waals surface area contributed by atoms with Crippen molar-refractivity contribution >= 4 is 17.3 Å². The Morgan fingerprint density at radius 3 is 2.27 bits per heavy atom. The molecule has 11 heavy (non-hydrogen) atoms. The molecule has 0 aromatic rings. The molecule has 0 spiro atoms. The first kappa shape index (κ1) is 13.0. The van der Waals surface area contributed by atoms with Crippen LogP contribution in [0.1, 0.15) is 6.92 Å². The monoisotopic (exact) mass is 178 g/mol. The summed E-state index contributed by atoms with van der Waals surface area (Å²) in [5.41, 5.74) is 5.05. The van der Waals surface area contributed by atoms with Crippen molar-refractivity contribution in [2.75, 3.05) is 6.54 Å². The number of thiocarbonyl (C=S) groups is 1. The topological polar surface area (TPSA) is 78.5 Å². The van der Waals surface area contributed by atoms with Gasteiger partial charge in [-0.2, -0.15) is 0 Å². The molecule has 0 aromatic carbocycles. The zero-order chi connectivity index (χ0) is 9.28. The van der Waals surface area contributed by atoms with Crippen LogP contribution in [0.3, 0.4) is 0 Å². The molecule has 66 valence electrons. The normalized spacial score (nSPS) is 8.00. The number of aliphatic hydroxyl groups excluding tert-OH is 1. The van der Waals surface area contributed by atoms with Crippen LogP contribution < -0.4 is 11.1 Å². The molecular formula is C6H14N2O2S. The van der Waals surface area contributed by atoms with Gasteiger partial charge in [0.25, 0.3) is 0 Å². The van der Waals surface area contributed by atoms with E-state index in [9.17, 15) is 0 Å². The average Bonchev–Trinajstić information content (AvgIpc) is 1.82. The fraction of sp³-hybridized carbons (Fsp3) is 0.500. The van der Waals surface area contributed by atoms with E-state index in [2.05, 4.69) is 24.1 Å². The fourth-order valence-electron chi connectivity index (χ4n) is 0.173. The third-order valence-electron chi connectivity index (χ3n) is 0.421. The van der Waals surface area contributed by atoms with E-state index < -0.39 is 6.29 Å². The molecule has 5 N–H and O–H groups in total. The summed E-state index contributed by atoms with van der Waals surface area (Å²) in [4.78, 5) is 0. The van der Waals surface area contributed by atoms with Gasteiger partial charge in [-0.15, -0.1) is 6.58 Å². The van der Waals surface area contributed by atoms with E-state index in [1.165, 1.54) is 6.92 Å². The molecule has 0 heterocycles. The Hall–Kier alpha value is -0.650. The van der Waals surface area contributed by atoms with Gasteiger partial charge in [0.15, 0.2) is 5.11 Å². The molecule has 0 atom stereocenters. The average molecular weight is 178 g/mol. The molecule has 0 aliphatic carbocycles. The molecule has 0 fully saturated rings. The van der Waals surface area contributed by atoms with Gasteiger partial charge in [0.2, 0.25) is 0 Å². The minimum atomic E-state index is -1.17. The molecule has 0 amide bonds. The zero-order valence-corrected chi connectivity index (χ0v) is 7.27. The van der Waals surface area contributed by atoms with Crippen molar-refractivity contribution in [1.82, 2.24) is 5.32 Å². The van der Waals surface area contributed by atoms with Gasteiger partial charge < -0.3 is 21.3 Å². The molecule has 0 aliphatic rings. The van der Waals surface area contributed by atoms with Crippen LogP contribution in [0.2, 0.25) is 0 Å². The van der Waals surface area contributed by atoms with Crippen LogP contribution in [0.4, 0.5) is 0 Å². The lowest BCUT2D eigenvalue weighted by Gasteiger charge is -1.94. The Morgan fingerprint density at radius 1 is 1.82 bits per heavy atom. The summed E-state index contributed by atoms with van der Waals surface area (Å²) < 4.78 is 0. The van der Waals surface area contributed by atoms with Crippen molar-refractivity contribution in [2.45, 2.75) is 13.2 Å². The molecule has 0 aliphatic heterocycles. The second-order valence-electron chi connectivity index (χ2n) is 1.67. The van der Waals surface area contributed by atoms with Gasteiger partial charge in [0, 0.05) is 6.54 Å². The Bertz CT molecular complexity index is 114. The summed E-state index contributed by atoms with van der Waals surface area (Å²) in [5, 5.41) is 18.2. The Labute approximate surface area is 71.7 Å². The number of nitrogens with one attached hydrogen (secondary N) is 1. The summed E-state index contributed by atoms with van der Waals surface area (Å²) >= 11 is 4.48. The number of hydrogen-bond acceptors (Lipinski definition) is 3. The summed E-state index contributed by atoms with van der Waals surface area (Å²) in [7, 11) is 0. The highest BCUT2D eigenvalue weighted by Gasteiger charge is 1.76. The van der Waals surface area contributed by atoms with Gasteiger partial charge in [-0.05, 0) is 19.1 Å². The summed E-state index contributed by atoms with van der Waals surface area (Å²) in [6.45, 7) is 5.38. The minimum absolute atomic E-state index is 0.319. The van der Waals surface area contributed by atoms with Gasteiger partial charge in [0.1, 0.15) is 6.29 Å². The first-order chi connectivity index (χ1) is 5.00. The summed E-state index contributed by atoms with van der Waals surface area (Å²) in [5.74, 6) is 0. The number of aliphatic hydroxyl groups is 2. The van der Waals surface area contributed by atoms with Crippen LogP contribution in [-0.4, -0.2) is 28.2 Å². The molecule has 0 unspecified atom stereocenters. The fourth-order valence-corrected chi connectivity index (χ4v) is 0.256. The lowest BCUT2D eigenvalue weighted by Crippen LogP contribution is -2.28. The van der Waals surface area contributed by atoms with Crippen LogP contribution in [0, 0.1) is 0 Å². The van der Waals surface area contributed by atoms with Crippen molar-refractivity contribution in [3.05, 3.63) is 12.7 Å². The maximum Gasteiger partial charge on any atom is 0.163 e. The van der Waals surface area contributed by atoms with E-state index in [0.717, 1.165) is 0 Å². The highest BCUT2D eigenvalue weighted by atomic mass is 32.1. The maximum absolute atomic E-state index is 7.61. The maximum atomic E-state index is 7.61. The Balaban J connectivity index is 0.